The lowest BCUT2D eigenvalue weighted by molar-refractivity contribution is 0.159. The first-order valence-corrected chi connectivity index (χ1v) is 8.67. The van der Waals surface area contributed by atoms with Crippen LogP contribution in [0, 0.1) is 6.92 Å². The van der Waals surface area contributed by atoms with Gasteiger partial charge in [0.25, 0.3) is 0 Å². The SMILES string of the molecule is Cc1ccc(OCCN2CCN(S(C)(=O)=O)CC2)cc1. The second-order valence-corrected chi connectivity index (χ2v) is 7.15. The van der Waals surface area contributed by atoms with Gasteiger partial charge in [-0.05, 0) is 19.1 Å². The Kier molecular flexibility index (Phi) is 5.01. The van der Waals surface area contributed by atoms with Gasteiger partial charge in [-0.3, -0.25) is 4.90 Å². The normalized spacial score (nSPS) is 18.1. The van der Waals surface area contributed by atoms with E-state index in [0.29, 0.717) is 19.7 Å². The standard InChI is InChI=1S/C14H22N2O3S/c1-13-3-5-14(6-4-13)19-12-11-15-7-9-16(10-8-15)20(2,17)18/h3-6H,7-12H2,1-2H3. The zero-order chi connectivity index (χ0) is 14.6. The molecule has 6 heteroatoms. The summed E-state index contributed by atoms with van der Waals surface area (Å²) in [6.45, 7) is 6.18. The third kappa shape index (κ3) is 4.47. The molecule has 5 nitrogen and oxygen atoms in total. The first kappa shape index (κ1) is 15.3. The van der Waals surface area contributed by atoms with Gasteiger partial charge < -0.3 is 4.74 Å². The quantitative estimate of drug-likeness (QED) is 0.812. The number of aryl methyl sites for hydroxylation is 1. The Balaban J connectivity index is 1.70. The average molecular weight is 298 g/mol. The molecule has 1 heterocycles. The fourth-order valence-corrected chi connectivity index (χ4v) is 3.04. The van der Waals surface area contributed by atoms with E-state index in [-0.39, 0.29) is 0 Å². The average Bonchev–Trinajstić information content (AvgIpc) is 2.41. The van der Waals surface area contributed by atoms with Gasteiger partial charge in [-0.25, -0.2) is 8.42 Å². The number of piperazine rings is 1. The summed E-state index contributed by atoms with van der Waals surface area (Å²) in [7, 11) is -3.04. The molecule has 0 aromatic heterocycles. The van der Waals surface area contributed by atoms with Gasteiger partial charge >= 0.3 is 0 Å². The lowest BCUT2D eigenvalue weighted by atomic mass is 10.2. The number of sulfonamides is 1. The predicted molar refractivity (Wildman–Crippen MR) is 79.5 cm³/mol. The molecule has 20 heavy (non-hydrogen) atoms. The van der Waals surface area contributed by atoms with Gasteiger partial charge in [0.05, 0.1) is 6.26 Å². The zero-order valence-corrected chi connectivity index (χ0v) is 12.9. The number of nitrogens with zero attached hydrogens (tertiary/aromatic N) is 2. The van der Waals surface area contributed by atoms with E-state index in [1.807, 2.05) is 31.2 Å². The van der Waals surface area contributed by atoms with Crippen molar-refractivity contribution in [2.75, 3.05) is 45.6 Å². The Bertz CT molecular complexity index is 520. The van der Waals surface area contributed by atoms with Crippen molar-refractivity contribution in [3.63, 3.8) is 0 Å². The fourth-order valence-electron chi connectivity index (χ4n) is 2.21. The third-order valence-corrected chi connectivity index (χ3v) is 4.80. The Labute approximate surface area is 121 Å². The van der Waals surface area contributed by atoms with Gasteiger partial charge in [-0.2, -0.15) is 4.31 Å². The van der Waals surface area contributed by atoms with Crippen molar-refractivity contribution in [2.24, 2.45) is 0 Å². The van der Waals surface area contributed by atoms with E-state index < -0.39 is 10.0 Å². The summed E-state index contributed by atoms with van der Waals surface area (Å²) in [4.78, 5) is 2.23. The topological polar surface area (TPSA) is 49.9 Å². The molecule has 0 radical (unpaired) electrons. The van der Waals surface area contributed by atoms with Crippen molar-refractivity contribution in [3.8, 4) is 5.75 Å². The molecule has 0 spiro atoms. The molecule has 112 valence electrons. The highest BCUT2D eigenvalue weighted by Crippen LogP contribution is 2.11. The van der Waals surface area contributed by atoms with Crippen molar-refractivity contribution < 1.29 is 13.2 Å². The number of benzene rings is 1. The largest absolute Gasteiger partial charge is 0.492 e. The molecule has 1 fully saturated rings. The van der Waals surface area contributed by atoms with Crippen LogP contribution in [0.3, 0.4) is 0 Å². The minimum Gasteiger partial charge on any atom is -0.492 e. The van der Waals surface area contributed by atoms with Crippen molar-refractivity contribution >= 4 is 10.0 Å². The molecule has 0 amide bonds. The first-order valence-electron chi connectivity index (χ1n) is 6.82. The molecule has 0 bridgehead atoms. The monoisotopic (exact) mass is 298 g/mol. The maximum Gasteiger partial charge on any atom is 0.211 e. The second kappa shape index (κ2) is 6.56. The van der Waals surface area contributed by atoms with Gasteiger partial charge in [-0.15, -0.1) is 0 Å². The molecular weight excluding hydrogens is 276 g/mol. The van der Waals surface area contributed by atoms with Crippen LogP contribution in [-0.4, -0.2) is 63.2 Å². The maximum absolute atomic E-state index is 11.4. The molecule has 1 saturated heterocycles. The Hall–Kier alpha value is -1.11. The van der Waals surface area contributed by atoms with Crippen molar-refractivity contribution in [2.45, 2.75) is 6.92 Å². The summed E-state index contributed by atoms with van der Waals surface area (Å²) in [5.41, 5.74) is 1.22. The van der Waals surface area contributed by atoms with E-state index in [1.165, 1.54) is 16.1 Å². The highest BCUT2D eigenvalue weighted by molar-refractivity contribution is 7.88. The highest BCUT2D eigenvalue weighted by Gasteiger charge is 2.22. The van der Waals surface area contributed by atoms with Crippen molar-refractivity contribution in [1.82, 2.24) is 9.21 Å². The predicted octanol–water partition coefficient (Wildman–Crippen LogP) is 0.951. The molecule has 0 aliphatic carbocycles. The van der Waals surface area contributed by atoms with E-state index >= 15 is 0 Å². The molecule has 0 unspecified atom stereocenters. The minimum absolute atomic E-state index is 0.573. The van der Waals surface area contributed by atoms with Crippen LogP contribution in [0.1, 0.15) is 5.56 Å². The third-order valence-electron chi connectivity index (χ3n) is 3.50. The van der Waals surface area contributed by atoms with Crippen LogP contribution in [0.5, 0.6) is 5.75 Å². The van der Waals surface area contributed by atoms with E-state index in [2.05, 4.69) is 4.90 Å². The summed E-state index contributed by atoms with van der Waals surface area (Å²) < 4.78 is 30.0. The summed E-state index contributed by atoms with van der Waals surface area (Å²) in [6.07, 6.45) is 1.27. The molecule has 0 atom stereocenters. The second-order valence-electron chi connectivity index (χ2n) is 5.17. The Morgan fingerprint density at radius 2 is 1.70 bits per heavy atom. The number of hydrogen-bond acceptors (Lipinski definition) is 4. The van der Waals surface area contributed by atoms with Crippen LogP contribution in [0.15, 0.2) is 24.3 Å². The molecule has 1 aliphatic heterocycles. The number of ether oxygens (including phenoxy) is 1. The van der Waals surface area contributed by atoms with Crippen LogP contribution in [0.4, 0.5) is 0 Å². The molecular formula is C14H22N2O3S. The van der Waals surface area contributed by atoms with Gasteiger partial charge in [0.15, 0.2) is 0 Å². The highest BCUT2D eigenvalue weighted by atomic mass is 32.2. The lowest BCUT2D eigenvalue weighted by Crippen LogP contribution is -2.49. The van der Waals surface area contributed by atoms with Gasteiger partial charge in [0.1, 0.15) is 12.4 Å². The smallest absolute Gasteiger partial charge is 0.211 e. The zero-order valence-electron chi connectivity index (χ0n) is 12.1. The van der Waals surface area contributed by atoms with Gasteiger partial charge in [0, 0.05) is 32.7 Å². The lowest BCUT2D eigenvalue weighted by Gasteiger charge is -2.33. The maximum atomic E-state index is 11.4. The van der Waals surface area contributed by atoms with E-state index in [1.54, 1.807) is 0 Å². The summed E-state index contributed by atoms with van der Waals surface area (Å²) in [5.74, 6) is 0.880. The summed E-state index contributed by atoms with van der Waals surface area (Å²) in [5, 5.41) is 0. The van der Waals surface area contributed by atoms with Crippen LogP contribution in [0.25, 0.3) is 0 Å². The molecule has 1 aromatic carbocycles. The summed E-state index contributed by atoms with van der Waals surface area (Å²) in [6, 6.07) is 7.99. The first-order chi connectivity index (χ1) is 9.45. The number of rotatable bonds is 5. The molecule has 0 N–H and O–H groups in total. The van der Waals surface area contributed by atoms with E-state index in [0.717, 1.165) is 25.4 Å². The fraction of sp³-hybridized carbons (Fsp3) is 0.571. The summed E-state index contributed by atoms with van der Waals surface area (Å²) >= 11 is 0. The van der Waals surface area contributed by atoms with Crippen LogP contribution in [0.2, 0.25) is 0 Å². The molecule has 0 saturated carbocycles. The minimum atomic E-state index is -3.04. The molecule has 1 aliphatic rings. The number of hydrogen-bond donors (Lipinski definition) is 0. The van der Waals surface area contributed by atoms with E-state index in [4.69, 9.17) is 4.74 Å². The van der Waals surface area contributed by atoms with Gasteiger partial charge in [0.2, 0.25) is 10.0 Å². The molecule has 2 rings (SSSR count). The Morgan fingerprint density at radius 1 is 1.10 bits per heavy atom. The van der Waals surface area contributed by atoms with Crippen LogP contribution >= 0.6 is 0 Å². The molecule has 1 aromatic rings. The van der Waals surface area contributed by atoms with Crippen molar-refractivity contribution in [3.05, 3.63) is 29.8 Å². The van der Waals surface area contributed by atoms with E-state index in [9.17, 15) is 8.42 Å². The van der Waals surface area contributed by atoms with Crippen molar-refractivity contribution in [1.29, 1.82) is 0 Å². The van der Waals surface area contributed by atoms with Gasteiger partial charge in [-0.1, -0.05) is 17.7 Å². The Morgan fingerprint density at radius 3 is 2.25 bits per heavy atom. The van der Waals surface area contributed by atoms with Crippen LogP contribution < -0.4 is 4.74 Å². The van der Waals surface area contributed by atoms with Crippen LogP contribution in [-0.2, 0) is 10.0 Å².